The van der Waals surface area contributed by atoms with Crippen molar-refractivity contribution in [2.24, 2.45) is 0 Å². The Labute approximate surface area is 154 Å². The highest BCUT2D eigenvalue weighted by molar-refractivity contribution is 7.89. The number of hydrogen-bond acceptors (Lipinski definition) is 5. The van der Waals surface area contributed by atoms with Gasteiger partial charge in [-0.1, -0.05) is 36.4 Å². The molecule has 0 radical (unpaired) electrons. The number of sulfonamides is 1. The summed E-state index contributed by atoms with van der Waals surface area (Å²) in [6, 6.07) is 15.3. The van der Waals surface area contributed by atoms with Crippen molar-refractivity contribution >= 4 is 16.0 Å². The van der Waals surface area contributed by atoms with E-state index in [1.165, 1.54) is 23.5 Å². The second-order valence-corrected chi connectivity index (χ2v) is 8.21. The zero-order chi connectivity index (χ0) is 18.7. The van der Waals surface area contributed by atoms with E-state index in [2.05, 4.69) is 4.90 Å². The third kappa shape index (κ3) is 3.65. The van der Waals surface area contributed by atoms with Crippen LogP contribution in [0.3, 0.4) is 0 Å². The first-order valence-electron chi connectivity index (χ1n) is 8.37. The Morgan fingerprint density at radius 3 is 2.50 bits per heavy atom. The summed E-state index contributed by atoms with van der Waals surface area (Å²) in [5.41, 5.74) is 1.17. The minimum atomic E-state index is -3.75. The number of ether oxygens (including phenoxy) is 1. The molecule has 138 valence electrons. The summed E-state index contributed by atoms with van der Waals surface area (Å²) >= 11 is 0. The second kappa shape index (κ2) is 7.57. The van der Waals surface area contributed by atoms with Crippen molar-refractivity contribution < 1.29 is 17.9 Å². The Hall–Kier alpha value is -2.22. The zero-order valence-electron chi connectivity index (χ0n) is 14.8. The molecule has 1 heterocycles. The lowest BCUT2D eigenvalue weighted by Gasteiger charge is -2.39. The molecular weight excluding hydrogens is 352 g/mol. The van der Waals surface area contributed by atoms with Crippen LogP contribution in [0.2, 0.25) is 0 Å². The molecule has 1 atom stereocenters. The van der Waals surface area contributed by atoms with Crippen LogP contribution in [-0.4, -0.2) is 57.4 Å². The molecule has 0 aliphatic carbocycles. The zero-order valence-corrected chi connectivity index (χ0v) is 15.6. The van der Waals surface area contributed by atoms with Crippen LogP contribution in [0.15, 0.2) is 59.5 Å². The van der Waals surface area contributed by atoms with E-state index in [9.17, 15) is 13.2 Å². The molecule has 26 heavy (non-hydrogen) atoms. The Morgan fingerprint density at radius 1 is 1.08 bits per heavy atom. The molecule has 0 spiro atoms. The van der Waals surface area contributed by atoms with Gasteiger partial charge in [-0.25, -0.2) is 13.2 Å². The van der Waals surface area contributed by atoms with Crippen LogP contribution in [0.1, 0.15) is 22.0 Å². The van der Waals surface area contributed by atoms with Gasteiger partial charge in [-0.2, -0.15) is 4.31 Å². The fourth-order valence-corrected chi connectivity index (χ4v) is 4.82. The van der Waals surface area contributed by atoms with Crippen LogP contribution >= 0.6 is 0 Å². The summed E-state index contributed by atoms with van der Waals surface area (Å²) in [7, 11) is -0.491. The molecule has 2 aromatic rings. The van der Waals surface area contributed by atoms with Gasteiger partial charge in [-0.3, -0.25) is 0 Å². The number of piperazine rings is 1. The SMILES string of the molecule is COC(=O)c1cccc(S(=O)(=O)N2CCN(C)C[C@H]2c2ccccc2)c1. The van der Waals surface area contributed by atoms with Crippen molar-refractivity contribution in [1.29, 1.82) is 0 Å². The number of hydrogen-bond donors (Lipinski definition) is 0. The van der Waals surface area contributed by atoms with Gasteiger partial charge < -0.3 is 9.64 Å². The smallest absolute Gasteiger partial charge is 0.337 e. The summed E-state index contributed by atoms with van der Waals surface area (Å²) in [4.78, 5) is 14.0. The lowest BCUT2D eigenvalue weighted by atomic mass is 10.1. The van der Waals surface area contributed by atoms with E-state index in [0.29, 0.717) is 19.6 Å². The molecule has 0 aromatic heterocycles. The lowest BCUT2D eigenvalue weighted by Crippen LogP contribution is -2.49. The van der Waals surface area contributed by atoms with Crippen LogP contribution in [0, 0.1) is 0 Å². The summed E-state index contributed by atoms with van der Waals surface area (Å²) in [5.74, 6) is -0.556. The van der Waals surface area contributed by atoms with E-state index < -0.39 is 16.0 Å². The number of likely N-dealkylation sites (N-methyl/N-ethyl adjacent to an activating group) is 1. The third-order valence-corrected chi connectivity index (χ3v) is 6.48. The summed E-state index contributed by atoms with van der Waals surface area (Å²) in [6.45, 7) is 1.65. The molecular formula is C19H22N2O4S. The maximum Gasteiger partial charge on any atom is 0.337 e. The van der Waals surface area contributed by atoms with Crippen LogP contribution < -0.4 is 0 Å². The van der Waals surface area contributed by atoms with Crippen LogP contribution in [0.25, 0.3) is 0 Å². The number of esters is 1. The summed E-state index contributed by atoms with van der Waals surface area (Å²) in [5, 5.41) is 0. The number of carbonyl (C=O) groups excluding carboxylic acids is 1. The van der Waals surface area contributed by atoms with E-state index in [-0.39, 0.29) is 16.5 Å². The summed E-state index contributed by atoms with van der Waals surface area (Å²) < 4.78 is 32.8. The van der Waals surface area contributed by atoms with Gasteiger partial charge >= 0.3 is 5.97 Å². The van der Waals surface area contributed by atoms with Gasteiger partial charge in [-0.15, -0.1) is 0 Å². The first-order chi connectivity index (χ1) is 12.4. The third-order valence-electron chi connectivity index (χ3n) is 4.58. The number of rotatable bonds is 4. The highest BCUT2D eigenvalue weighted by Gasteiger charge is 2.36. The van der Waals surface area contributed by atoms with Gasteiger partial charge in [0.25, 0.3) is 0 Å². The van der Waals surface area contributed by atoms with Gasteiger partial charge in [0.05, 0.1) is 23.6 Å². The largest absolute Gasteiger partial charge is 0.465 e. The maximum absolute atomic E-state index is 13.3. The van der Waals surface area contributed by atoms with Gasteiger partial charge in [0.2, 0.25) is 10.0 Å². The molecule has 0 N–H and O–H groups in total. The number of benzene rings is 2. The van der Waals surface area contributed by atoms with E-state index in [0.717, 1.165) is 5.56 Å². The fourth-order valence-electron chi connectivity index (χ4n) is 3.17. The topological polar surface area (TPSA) is 66.9 Å². The molecule has 1 fully saturated rings. The molecule has 0 saturated carbocycles. The van der Waals surface area contributed by atoms with Crippen LogP contribution in [0.5, 0.6) is 0 Å². The van der Waals surface area contributed by atoms with Crippen molar-refractivity contribution in [2.45, 2.75) is 10.9 Å². The Bertz CT molecular complexity index is 883. The monoisotopic (exact) mass is 374 g/mol. The Kier molecular flexibility index (Phi) is 5.41. The minimum Gasteiger partial charge on any atom is -0.465 e. The van der Waals surface area contributed by atoms with Crippen molar-refractivity contribution in [2.75, 3.05) is 33.8 Å². The highest BCUT2D eigenvalue weighted by Crippen LogP contribution is 2.31. The highest BCUT2D eigenvalue weighted by atomic mass is 32.2. The minimum absolute atomic E-state index is 0.103. The van der Waals surface area contributed by atoms with Gasteiger partial charge in [0.1, 0.15) is 0 Å². The molecule has 1 aliphatic rings. The van der Waals surface area contributed by atoms with Gasteiger partial charge in [-0.05, 0) is 30.8 Å². The quantitative estimate of drug-likeness (QED) is 0.767. The predicted molar refractivity (Wildman–Crippen MR) is 98.4 cm³/mol. The van der Waals surface area contributed by atoms with Crippen LogP contribution in [-0.2, 0) is 14.8 Å². The normalized spacial score (nSPS) is 19.2. The van der Waals surface area contributed by atoms with Crippen molar-refractivity contribution in [3.8, 4) is 0 Å². The molecule has 7 heteroatoms. The molecule has 2 aromatic carbocycles. The van der Waals surface area contributed by atoms with Crippen molar-refractivity contribution in [3.05, 3.63) is 65.7 Å². The van der Waals surface area contributed by atoms with Crippen molar-refractivity contribution in [1.82, 2.24) is 9.21 Å². The van der Waals surface area contributed by atoms with Crippen molar-refractivity contribution in [3.63, 3.8) is 0 Å². The fraction of sp³-hybridized carbons (Fsp3) is 0.316. The molecule has 3 rings (SSSR count). The summed E-state index contributed by atoms with van der Waals surface area (Å²) in [6.07, 6.45) is 0. The molecule has 1 aliphatic heterocycles. The Balaban J connectivity index is 2.00. The molecule has 1 saturated heterocycles. The predicted octanol–water partition coefficient (Wildman–Crippen LogP) is 2.15. The first kappa shape index (κ1) is 18.6. The van der Waals surface area contributed by atoms with E-state index >= 15 is 0 Å². The molecule has 0 amide bonds. The van der Waals surface area contributed by atoms with E-state index in [1.807, 2.05) is 37.4 Å². The molecule has 0 bridgehead atoms. The average Bonchev–Trinajstić information content (AvgIpc) is 2.68. The number of nitrogens with zero attached hydrogens (tertiary/aromatic N) is 2. The van der Waals surface area contributed by atoms with E-state index in [1.54, 1.807) is 12.1 Å². The van der Waals surface area contributed by atoms with Gasteiger partial charge in [0, 0.05) is 19.6 Å². The molecule has 6 nitrogen and oxygen atoms in total. The Morgan fingerprint density at radius 2 is 1.81 bits per heavy atom. The standard InChI is InChI=1S/C19H22N2O4S/c1-20-11-12-21(18(14-20)15-7-4-3-5-8-15)26(23,24)17-10-6-9-16(13-17)19(22)25-2/h3-10,13,18H,11-12,14H2,1-2H3/t18-/m0/s1. The van der Waals surface area contributed by atoms with Crippen LogP contribution in [0.4, 0.5) is 0 Å². The number of carbonyl (C=O) groups is 1. The lowest BCUT2D eigenvalue weighted by molar-refractivity contribution is 0.0600. The average molecular weight is 374 g/mol. The van der Waals surface area contributed by atoms with Gasteiger partial charge in [0.15, 0.2) is 0 Å². The van der Waals surface area contributed by atoms with E-state index in [4.69, 9.17) is 4.74 Å². The second-order valence-electron chi connectivity index (χ2n) is 6.32. The number of methoxy groups -OCH3 is 1. The first-order valence-corrected chi connectivity index (χ1v) is 9.81. The molecule has 0 unspecified atom stereocenters. The maximum atomic E-state index is 13.3.